The number of aldehydes is 1. The number of hydrogen-bond donors (Lipinski definition) is 1. The molecule has 24 heteroatoms. The average Bonchev–Trinajstić information content (AvgIpc) is 1.67. The van der Waals surface area contributed by atoms with Gasteiger partial charge in [-0.05, 0) is 167 Å². The third kappa shape index (κ3) is 14.9. The minimum atomic E-state index is -0.218. The van der Waals surface area contributed by atoms with E-state index in [1.165, 1.54) is 12.4 Å². The van der Waals surface area contributed by atoms with E-state index in [4.69, 9.17) is 33.6 Å². The van der Waals surface area contributed by atoms with E-state index in [0.717, 1.165) is 64.9 Å². The van der Waals surface area contributed by atoms with Gasteiger partial charge in [0.1, 0.15) is 69.4 Å². The number of ether oxygens (including phenoxy) is 6. The molecule has 3 aliphatic heterocycles. The van der Waals surface area contributed by atoms with Gasteiger partial charge in [-0.2, -0.15) is 15.3 Å². The number of benzene rings is 3. The van der Waals surface area contributed by atoms with Gasteiger partial charge >= 0.3 is 0 Å². The summed E-state index contributed by atoms with van der Waals surface area (Å²) in [6, 6.07) is 31.0. The number of amides is 3. The average molecular weight is 1450 g/mol. The van der Waals surface area contributed by atoms with Crippen molar-refractivity contribution in [2.24, 2.45) is 22.9 Å². The fourth-order valence-corrected chi connectivity index (χ4v) is 13.3. The van der Waals surface area contributed by atoms with Crippen molar-refractivity contribution in [2.45, 2.75) is 97.2 Å². The summed E-state index contributed by atoms with van der Waals surface area (Å²) < 4.78 is 42.1. The number of aromatic nitrogens is 6. The van der Waals surface area contributed by atoms with Crippen LogP contribution in [-0.2, 0) is 14.4 Å². The zero-order chi connectivity index (χ0) is 65.5. The Morgan fingerprint density at radius 2 is 0.848 bits per heavy atom. The second kappa shape index (κ2) is 29.4. The molecule has 12 rings (SSSR count). The van der Waals surface area contributed by atoms with Crippen LogP contribution in [-0.4, -0.2) is 138 Å². The van der Waals surface area contributed by atoms with Crippen LogP contribution in [0.4, 0.5) is 0 Å². The van der Waals surface area contributed by atoms with E-state index >= 15 is 0 Å². The van der Waals surface area contributed by atoms with Crippen molar-refractivity contribution in [1.29, 1.82) is 0 Å². The summed E-state index contributed by atoms with van der Waals surface area (Å²) in [5.41, 5.74) is 6.56. The maximum absolute atomic E-state index is 12.8. The van der Waals surface area contributed by atoms with Gasteiger partial charge in [0.15, 0.2) is 6.29 Å². The van der Waals surface area contributed by atoms with Crippen LogP contribution in [0.1, 0.15) is 112 Å². The number of rotatable bonds is 20. The fraction of sp³-hybridized carbons (Fsp3) is 0.353. The van der Waals surface area contributed by atoms with Crippen LogP contribution in [0.25, 0.3) is 16.6 Å². The molecule has 0 bridgehead atoms. The van der Waals surface area contributed by atoms with Gasteiger partial charge in [-0.15, -0.1) is 0 Å². The summed E-state index contributed by atoms with van der Waals surface area (Å²) in [7, 11) is 4.92. The Morgan fingerprint density at radius 1 is 0.500 bits per heavy atom. The predicted molar refractivity (Wildman–Crippen MR) is 357 cm³/mol. The molecule has 9 heterocycles. The molecule has 0 unspecified atom stereocenters. The molecule has 9 atom stereocenters. The molecule has 21 nitrogen and oxygen atoms in total. The Kier molecular flexibility index (Phi) is 21.2. The van der Waals surface area contributed by atoms with Gasteiger partial charge in [0, 0.05) is 94.2 Å². The van der Waals surface area contributed by atoms with Gasteiger partial charge in [-0.3, -0.25) is 19.2 Å². The number of hydrogen-bond acceptors (Lipinski definition) is 15. The first kappa shape index (κ1) is 66.4. The molecule has 92 heavy (non-hydrogen) atoms. The first-order valence-electron chi connectivity index (χ1n) is 30.2. The molecule has 0 saturated carbocycles. The first-order valence-corrected chi connectivity index (χ1v) is 32.6. The number of pyridine rings is 3. The summed E-state index contributed by atoms with van der Waals surface area (Å²) in [6.07, 6.45) is 13.3. The molecule has 482 valence electrons. The lowest BCUT2D eigenvalue weighted by atomic mass is 10.0. The van der Waals surface area contributed by atoms with Gasteiger partial charge in [0.2, 0.25) is 17.7 Å². The number of carbonyl (C=O) groups is 4. The minimum Gasteiger partial charge on any atom is -0.497 e. The lowest BCUT2D eigenvalue weighted by Crippen LogP contribution is -2.31. The number of halogens is 3. The Morgan fingerprint density at radius 3 is 1.22 bits per heavy atom. The van der Waals surface area contributed by atoms with Crippen molar-refractivity contribution in [3.8, 4) is 34.5 Å². The van der Waals surface area contributed by atoms with Crippen LogP contribution in [0.5, 0.6) is 34.5 Å². The monoisotopic (exact) mass is 1440 g/mol. The minimum absolute atomic E-state index is 0.0120. The molecule has 3 aliphatic rings. The van der Waals surface area contributed by atoms with Crippen molar-refractivity contribution in [2.75, 3.05) is 41.0 Å². The van der Waals surface area contributed by atoms with Crippen molar-refractivity contribution in [1.82, 2.24) is 43.5 Å². The predicted octanol–water partition coefficient (Wildman–Crippen LogP) is 13.1. The van der Waals surface area contributed by atoms with Gasteiger partial charge < -0.3 is 48.3 Å². The number of nitrogens with zero attached hydrogens (tertiary/aromatic N) is 10. The maximum Gasteiger partial charge on any atom is 0.223 e. The summed E-state index contributed by atoms with van der Waals surface area (Å²) in [5.74, 6) is 4.93. The van der Waals surface area contributed by atoms with Crippen LogP contribution >= 0.6 is 47.8 Å². The van der Waals surface area contributed by atoms with Crippen molar-refractivity contribution in [3.63, 3.8) is 0 Å². The Bertz CT molecular complexity index is 4110. The van der Waals surface area contributed by atoms with Crippen LogP contribution in [0.2, 0.25) is 0 Å². The smallest absolute Gasteiger partial charge is 0.223 e. The van der Waals surface area contributed by atoms with E-state index < -0.39 is 0 Å². The Hall–Kier alpha value is -8.48. The van der Waals surface area contributed by atoms with Gasteiger partial charge in [0.25, 0.3) is 0 Å². The lowest BCUT2D eigenvalue weighted by molar-refractivity contribution is -0.130. The summed E-state index contributed by atoms with van der Waals surface area (Å²) in [4.78, 5) is 55.5. The molecule has 9 aromatic rings. The molecule has 0 radical (unpaired) electrons. The fourth-order valence-electron chi connectivity index (χ4n) is 12.1. The van der Waals surface area contributed by atoms with E-state index in [1.807, 2.05) is 153 Å². The zero-order valence-corrected chi connectivity index (χ0v) is 57.2. The molecular formula is C68H73Br3N10O11. The van der Waals surface area contributed by atoms with Crippen LogP contribution < -0.4 is 28.4 Å². The first-order chi connectivity index (χ1) is 44.3. The number of fused-ring (bicyclic) bond motifs is 3. The largest absolute Gasteiger partial charge is 0.497 e. The molecular weight excluding hydrogens is 1370 g/mol. The van der Waals surface area contributed by atoms with Crippen LogP contribution in [0.3, 0.4) is 0 Å². The number of methoxy groups -OCH3 is 3. The van der Waals surface area contributed by atoms with E-state index in [0.29, 0.717) is 72.6 Å². The highest BCUT2D eigenvalue weighted by Gasteiger charge is 2.40. The van der Waals surface area contributed by atoms with Crippen LogP contribution in [0.15, 0.2) is 153 Å². The van der Waals surface area contributed by atoms with Crippen molar-refractivity contribution in [3.05, 3.63) is 175 Å². The quantitative estimate of drug-likeness (QED) is 0.0325. The summed E-state index contributed by atoms with van der Waals surface area (Å²) >= 11 is 10.4. The molecule has 3 amide bonds. The number of oxime groups is 1. The topological polar surface area (TPSA) is 218 Å². The molecule has 3 saturated heterocycles. The number of carbonyl (C=O) groups excluding carboxylic acids is 4. The third-order valence-corrected chi connectivity index (χ3v) is 18.9. The third-order valence-electron chi connectivity index (χ3n) is 17.6. The molecule has 6 aromatic heterocycles. The lowest BCUT2D eigenvalue weighted by Gasteiger charge is -2.27. The molecule has 3 aromatic carbocycles. The van der Waals surface area contributed by atoms with Crippen molar-refractivity contribution < 1.29 is 52.8 Å². The van der Waals surface area contributed by atoms with E-state index in [1.54, 1.807) is 59.7 Å². The molecule has 1 N–H and O–H groups in total. The molecule has 0 spiro atoms. The van der Waals surface area contributed by atoms with E-state index in [-0.39, 0.29) is 71.9 Å². The second-order valence-electron chi connectivity index (χ2n) is 23.2. The highest BCUT2D eigenvalue weighted by molar-refractivity contribution is 9.11. The Labute approximate surface area is 558 Å². The highest BCUT2D eigenvalue weighted by Crippen LogP contribution is 2.38. The van der Waals surface area contributed by atoms with Gasteiger partial charge in [-0.25, -0.2) is 13.5 Å². The highest BCUT2D eigenvalue weighted by atomic mass is 79.9. The molecule has 3 fully saturated rings. The van der Waals surface area contributed by atoms with Crippen molar-refractivity contribution >= 4 is 94.6 Å². The second-order valence-corrected chi connectivity index (χ2v) is 26.0. The summed E-state index contributed by atoms with van der Waals surface area (Å²) in [6.45, 7) is 14.0. The zero-order valence-electron chi connectivity index (χ0n) is 52.4. The Balaban J connectivity index is 0.000000151. The standard InChI is InChI=1S/C23H25BrN4O4.C23H24BrN3O4.C22H24BrN3O3/c1-14(16-4-6-20(31-3)7-5-16)27-12-17(8-22(27)29)15(2)32-21-9-19(24)13-28-23(21)18(10-25-28)11-26-30;1-14(16-4-6-20(30-3)7-5-16)26-11-17(8-22(26)29)15(2)31-21-9-19(24)12-27-23(21)18(13-28)10-25-27;1-14(16-4-6-19(28-3)7-5-16)25-12-17(10-22(25)27)15(2)29-21-11-18(23)13-26-20(21)8-9-24-26/h4-7,9-11,13-15,17,30H,8,12H2,1-3H3;4-7,9-10,12-15,17H,8,11H2,1-3H3;4-9,11,13-15,17H,10,12H2,1-3H3/t3*14-,15-,17-/m111/s1. The van der Waals surface area contributed by atoms with Gasteiger partial charge in [-0.1, -0.05) is 41.6 Å². The number of likely N-dealkylation sites (tertiary alicyclic amines) is 3. The maximum atomic E-state index is 12.8. The van der Waals surface area contributed by atoms with Gasteiger partial charge in [0.05, 0.1) is 69.8 Å². The summed E-state index contributed by atoms with van der Waals surface area (Å²) in [5, 5.41) is 24.9. The van der Waals surface area contributed by atoms with E-state index in [9.17, 15) is 19.2 Å². The van der Waals surface area contributed by atoms with E-state index in [2.05, 4.69) is 75.2 Å². The van der Waals surface area contributed by atoms with Crippen LogP contribution in [0, 0.1) is 17.8 Å². The SMILES string of the molecule is COc1ccc([C@@H](C)N2C[C@H]([C@@H](C)Oc3cc(Br)cn4ncc(C=NO)c34)CC2=O)cc1.COc1ccc([C@@H](C)N2C[C@H]([C@@H](C)Oc3cc(Br)cn4ncc(C=O)c34)CC2=O)cc1.COc1ccc([C@@H](C)N2C[C@H]([C@@H](C)Oc3cc(Br)cn4nccc34)CC2=O)cc1. The molecule has 0 aliphatic carbocycles. The normalized spacial score (nSPS) is 18.5.